The Balaban J connectivity index is 2.32. The first kappa shape index (κ1) is 12.1. The van der Waals surface area contributed by atoms with Crippen LogP contribution in [0.1, 0.15) is 13.3 Å². The zero-order chi connectivity index (χ0) is 12.1. The van der Waals surface area contributed by atoms with Gasteiger partial charge in [-0.2, -0.15) is 0 Å². The minimum atomic E-state index is 1.01. The van der Waals surface area contributed by atoms with E-state index in [4.69, 9.17) is 0 Å². The average Bonchev–Trinajstić information content (AvgIpc) is 2.38. The molecular weight excluding hydrogens is 276 g/mol. The summed E-state index contributed by atoms with van der Waals surface area (Å²) in [6.45, 7) is 3.19. The summed E-state index contributed by atoms with van der Waals surface area (Å²) in [5, 5.41) is 0. The molecule has 1 aromatic heterocycles. The van der Waals surface area contributed by atoms with Crippen LogP contribution in [0.5, 0.6) is 0 Å². The van der Waals surface area contributed by atoms with Gasteiger partial charge in [0.25, 0.3) is 0 Å². The van der Waals surface area contributed by atoms with E-state index in [1.54, 1.807) is 0 Å². The van der Waals surface area contributed by atoms with Crippen molar-refractivity contribution in [2.24, 2.45) is 0 Å². The van der Waals surface area contributed by atoms with E-state index in [0.29, 0.717) is 0 Å². The summed E-state index contributed by atoms with van der Waals surface area (Å²) < 4.78 is 1.10. The zero-order valence-corrected chi connectivity index (χ0v) is 11.4. The van der Waals surface area contributed by atoms with Crippen LogP contribution in [0.25, 0.3) is 0 Å². The number of hydrogen-bond acceptors (Lipinski definition) is 2. The van der Waals surface area contributed by atoms with E-state index in [1.165, 1.54) is 11.4 Å². The molecule has 0 atom stereocenters. The molecule has 0 amide bonds. The topological polar surface area (TPSA) is 16.1 Å². The summed E-state index contributed by atoms with van der Waals surface area (Å²) in [6.07, 6.45) is 4.77. The number of hydrogen-bond donors (Lipinski definition) is 0. The molecule has 0 unspecified atom stereocenters. The lowest BCUT2D eigenvalue weighted by molar-refractivity contribution is 0.884. The molecule has 0 saturated carbocycles. The lowest BCUT2D eigenvalue weighted by Crippen LogP contribution is -2.17. The lowest BCUT2D eigenvalue weighted by Gasteiger charge is -2.24. The number of halogens is 1. The summed E-state index contributed by atoms with van der Waals surface area (Å²) in [6, 6.07) is 12.5. The van der Waals surface area contributed by atoms with E-state index in [9.17, 15) is 0 Å². The van der Waals surface area contributed by atoms with Crippen LogP contribution in [0.4, 0.5) is 11.4 Å². The molecule has 0 spiro atoms. The molecule has 0 saturated heterocycles. The van der Waals surface area contributed by atoms with Crippen molar-refractivity contribution in [2.75, 3.05) is 11.4 Å². The van der Waals surface area contributed by atoms with Crippen molar-refractivity contribution in [3.63, 3.8) is 0 Å². The second-order valence-corrected chi connectivity index (χ2v) is 4.75. The Morgan fingerprint density at radius 1 is 1.00 bits per heavy atom. The van der Waals surface area contributed by atoms with E-state index >= 15 is 0 Å². The van der Waals surface area contributed by atoms with Crippen molar-refractivity contribution >= 4 is 27.3 Å². The molecule has 0 bridgehead atoms. The average molecular weight is 291 g/mol. The number of pyridine rings is 1. The number of benzene rings is 1. The molecule has 2 rings (SSSR count). The monoisotopic (exact) mass is 290 g/mol. The van der Waals surface area contributed by atoms with E-state index in [1.807, 2.05) is 24.5 Å². The molecule has 1 aromatic carbocycles. The summed E-state index contributed by atoms with van der Waals surface area (Å²) in [4.78, 5) is 6.36. The van der Waals surface area contributed by atoms with Gasteiger partial charge in [-0.05, 0) is 42.8 Å². The maximum Gasteiger partial charge on any atom is 0.0441 e. The molecule has 1 heterocycles. The Morgan fingerprint density at radius 2 is 1.59 bits per heavy atom. The third kappa shape index (κ3) is 3.07. The van der Waals surface area contributed by atoms with Crippen LogP contribution in [-0.4, -0.2) is 11.5 Å². The molecule has 0 aliphatic carbocycles. The number of nitrogens with zero attached hydrogens (tertiary/aromatic N) is 2. The lowest BCUT2D eigenvalue weighted by atomic mass is 10.2. The minimum absolute atomic E-state index is 1.01. The molecular formula is C14H15BrN2. The Morgan fingerprint density at radius 3 is 2.18 bits per heavy atom. The van der Waals surface area contributed by atoms with Crippen molar-refractivity contribution in [3.8, 4) is 0 Å². The van der Waals surface area contributed by atoms with Gasteiger partial charge in [-0.15, -0.1) is 0 Å². The first-order valence-electron chi connectivity index (χ1n) is 5.74. The van der Waals surface area contributed by atoms with E-state index in [0.717, 1.165) is 17.4 Å². The SMILES string of the molecule is CCCN(c1ccncc1)c1ccc(Br)cc1. The van der Waals surface area contributed by atoms with Crippen molar-refractivity contribution < 1.29 is 0 Å². The van der Waals surface area contributed by atoms with Gasteiger partial charge in [0.1, 0.15) is 0 Å². The molecule has 0 aliphatic rings. The van der Waals surface area contributed by atoms with Gasteiger partial charge in [0.2, 0.25) is 0 Å². The highest BCUT2D eigenvalue weighted by Gasteiger charge is 2.07. The Kier molecular flexibility index (Phi) is 4.15. The van der Waals surface area contributed by atoms with Crippen molar-refractivity contribution in [1.29, 1.82) is 0 Å². The summed E-state index contributed by atoms with van der Waals surface area (Å²) in [5.41, 5.74) is 2.39. The number of aromatic nitrogens is 1. The van der Waals surface area contributed by atoms with Gasteiger partial charge < -0.3 is 4.90 Å². The van der Waals surface area contributed by atoms with Crippen LogP contribution in [0.3, 0.4) is 0 Å². The van der Waals surface area contributed by atoms with Crippen molar-refractivity contribution in [1.82, 2.24) is 4.98 Å². The van der Waals surface area contributed by atoms with E-state index in [2.05, 4.69) is 57.0 Å². The fourth-order valence-electron chi connectivity index (χ4n) is 1.78. The molecule has 0 N–H and O–H groups in total. The summed E-state index contributed by atoms with van der Waals surface area (Å²) >= 11 is 3.46. The quantitative estimate of drug-likeness (QED) is 0.830. The molecule has 0 fully saturated rings. The normalized spacial score (nSPS) is 10.2. The van der Waals surface area contributed by atoms with E-state index in [-0.39, 0.29) is 0 Å². The van der Waals surface area contributed by atoms with Crippen LogP contribution in [-0.2, 0) is 0 Å². The fourth-order valence-corrected chi connectivity index (χ4v) is 2.04. The Labute approximate surface area is 110 Å². The first-order chi connectivity index (χ1) is 8.31. The molecule has 2 nitrogen and oxygen atoms in total. The smallest absolute Gasteiger partial charge is 0.0441 e. The third-order valence-electron chi connectivity index (χ3n) is 2.56. The highest BCUT2D eigenvalue weighted by atomic mass is 79.9. The van der Waals surface area contributed by atoms with Crippen molar-refractivity contribution in [3.05, 3.63) is 53.3 Å². The maximum atomic E-state index is 4.06. The second kappa shape index (κ2) is 5.82. The fraction of sp³-hybridized carbons (Fsp3) is 0.214. The molecule has 3 heteroatoms. The second-order valence-electron chi connectivity index (χ2n) is 3.83. The van der Waals surface area contributed by atoms with Crippen LogP contribution < -0.4 is 4.90 Å². The highest BCUT2D eigenvalue weighted by molar-refractivity contribution is 9.10. The summed E-state index contributed by atoms with van der Waals surface area (Å²) in [7, 11) is 0. The zero-order valence-electron chi connectivity index (χ0n) is 9.81. The molecule has 0 radical (unpaired) electrons. The molecule has 0 aliphatic heterocycles. The van der Waals surface area contributed by atoms with Gasteiger partial charge in [0, 0.05) is 34.8 Å². The minimum Gasteiger partial charge on any atom is -0.341 e. The van der Waals surface area contributed by atoms with Crippen LogP contribution in [0.2, 0.25) is 0 Å². The largest absolute Gasteiger partial charge is 0.341 e. The van der Waals surface area contributed by atoms with Gasteiger partial charge in [-0.25, -0.2) is 0 Å². The van der Waals surface area contributed by atoms with Crippen LogP contribution >= 0.6 is 15.9 Å². The van der Waals surface area contributed by atoms with E-state index < -0.39 is 0 Å². The predicted molar refractivity (Wildman–Crippen MR) is 75.7 cm³/mol. The maximum absolute atomic E-state index is 4.06. The van der Waals surface area contributed by atoms with Gasteiger partial charge in [-0.1, -0.05) is 22.9 Å². The first-order valence-corrected chi connectivity index (χ1v) is 6.53. The third-order valence-corrected chi connectivity index (χ3v) is 3.09. The van der Waals surface area contributed by atoms with Crippen LogP contribution in [0.15, 0.2) is 53.3 Å². The molecule has 88 valence electrons. The van der Waals surface area contributed by atoms with Crippen LogP contribution in [0, 0.1) is 0 Å². The predicted octanol–water partition coefficient (Wildman–Crippen LogP) is 4.39. The Bertz CT molecular complexity index is 453. The van der Waals surface area contributed by atoms with Gasteiger partial charge in [0.05, 0.1) is 0 Å². The molecule has 17 heavy (non-hydrogen) atoms. The van der Waals surface area contributed by atoms with Gasteiger partial charge in [-0.3, -0.25) is 4.98 Å². The highest BCUT2D eigenvalue weighted by Crippen LogP contribution is 2.26. The van der Waals surface area contributed by atoms with Crippen molar-refractivity contribution in [2.45, 2.75) is 13.3 Å². The summed E-state index contributed by atoms with van der Waals surface area (Å²) in [5.74, 6) is 0. The number of anilines is 2. The van der Waals surface area contributed by atoms with Gasteiger partial charge >= 0.3 is 0 Å². The standard InChI is InChI=1S/C14H15BrN2/c1-2-11-17(14-7-9-16-10-8-14)13-5-3-12(15)4-6-13/h3-10H,2,11H2,1H3. The molecule has 2 aromatic rings. The Hall–Kier alpha value is -1.35. The number of rotatable bonds is 4. The van der Waals surface area contributed by atoms with Gasteiger partial charge in [0.15, 0.2) is 0 Å².